The SMILES string of the molecule is CCOC(C)CCOCOCC1CO1. The molecule has 0 saturated carbocycles. The summed E-state index contributed by atoms with van der Waals surface area (Å²) in [6, 6.07) is 0. The summed E-state index contributed by atoms with van der Waals surface area (Å²) in [4.78, 5) is 0. The zero-order valence-electron chi connectivity index (χ0n) is 9.03. The highest BCUT2D eigenvalue weighted by Gasteiger charge is 2.22. The summed E-state index contributed by atoms with van der Waals surface area (Å²) in [5, 5.41) is 0. The van der Waals surface area contributed by atoms with Gasteiger partial charge in [0.25, 0.3) is 0 Å². The van der Waals surface area contributed by atoms with Gasteiger partial charge >= 0.3 is 0 Å². The molecule has 14 heavy (non-hydrogen) atoms. The molecule has 4 nitrogen and oxygen atoms in total. The molecule has 0 amide bonds. The van der Waals surface area contributed by atoms with Crippen molar-refractivity contribution in [2.24, 2.45) is 0 Å². The second-order valence-electron chi connectivity index (χ2n) is 3.41. The molecular formula is C10H20O4. The van der Waals surface area contributed by atoms with Gasteiger partial charge in [-0.25, -0.2) is 0 Å². The van der Waals surface area contributed by atoms with Gasteiger partial charge in [-0.2, -0.15) is 0 Å². The summed E-state index contributed by atoms with van der Waals surface area (Å²) in [6.45, 7) is 7.34. The number of rotatable bonds is 9. The van der Waals surface area contributed by atoms with Gasteiger partial charge in [0.15, 0.2) is 0 Å². The number of ether oxygens (including phenoxy) is 4. The van der Waals surface area contributed by atoms with Crippen LogP contribution in [0.25, 0.3) is 0 Å². The normalized spacial score (nSPS) is 22.3. The highest BCUT2D eigenvalue weighted by atomic mass is 16.7. The lowest BCUT2D eigenvalue weighted by molar-refractivity contribution is -0.0670. The molecule has 0 aliphatic carbocycles. The van der Waals surface area contributed by atoms with Gasteiger partial charge in [-0.1, -0.05) is 0 Å². The first-order chi connectivity index (χ1) is 6.83. The topological polar surface area (TPSA) is 40.2 Å². The molecule has 1 saturated heterocycles. The Balaban J connectivity index is 1.74. The van der Waals surface area contributed by atoms with Crippen LogP contribution in [0, 0.1) is 0 Å². The van der Waals surface area contributed by atoms with Crippen molar-refractivity contribution in [1.82, 2.24) is 0 Å². The highest BCUT2D eigenvalue weighted by Crippen LogP contribution is 2.08. The molecule has 1 heterocycles. The fourth-order valence-corrected chi connectivity index (χ4v) is 1.08. The van der Waals surface area contributed by atoms with Crippen LogP contribution < -0.4 is 0 Å². The zero-order valence-corrected chi connectivity index (χ0v) is 9.03. The maximum absolute atomic E-state index is 5.36. The van der Waals surface area contributed by atoms with E-state index < -0.39 is 0 Å². The zero-order chi connectivity index (χ0) is 10.2. The van der Waals surface area contributed by atoms with Crippen molar-refractivity contribution in [3.8, 4) is 0 Å². The number of epoxide rings is 1. The lowest BCUT2D eigenvalue weighted by Crippen LogP contribution is -2.13. The van der Waals surface area contributed by atoms with Crippen molar-refractivity contribution in [1.29, 1.82) is 0 Å². The summed E-state index contributed by atoms with van der Waals surface area (Å²) in [5.74, 6) is 0. The van der Waals surface area contributed by atoms with E-state index in [0.717, 1.165) is 19.6 Å². The third-order valence-electron chi connectivity index (χ3n) is 1.99. The maximum Gasteiger partial charge on any atom is 0.146 e. The fourth-order valence-electron chi connectivity index (χ4n) is 1.08. The first-order valence-corrected chi connectivity index (χ1v) is 5.21. The van der Waals surface area contributed by atoms with E-state index in [1.165, 1.54) is 0 Å². The fraction of sp³-hybridized carbons (Fsp3) is 1.00. The average Bonchev–Trinajstić information content (AvgIpc) is 2.95. The predicted octanol–water partition coefficient (Wildman–Crippen LogP) is 1.19. The Kier molecular flexibility index (Phi) is 6.10. The van der Waals surface area contributed by atoms with E-state index in [2.05, 4.69) is 0 Å². The van der Waals surface area contributed by atoms with Crippen LogP contribution in [0.1, 0.15) is 20.3 Å². The van der Waals surface area contributed by atoms with Crippen LogP contribution in [0.4, 0.5) is 0 Å². The lowest BCUT2D eigenvalue weighted by atomic mass is 10.3. The van der Waals surface area contributed by atoms with Gasteiger partial charge in [0.05, 0.1) is 25.9 Å². The molecule has 1 aliphatic rings. The van der Waals surface area contributed by atoms with E-state index in [4.69, 9.17) is 18.9 Å². The molecule has 0 radical (unpaired) electrons. The molecule has 0 bridgehead atoms. The van der Waals surface area contributed by atoms with Gasteiger partial charge in [-0.3, -0.25) is 0 Å². The smallest absolute Gasteiger partial charge is 0.146 e. The Bertz CT molecular complexity index is 136. The number of hydrogen-bond donors (Lipinski definition) is 0. The van der Waals surface area contributed by atoms with Crippen LogP contribution in [0.2, 0.25) is 0 Å². The first-order valence-electron chi connectivity index (χ1n) is 5.21. The van der Waals surface area contributed by atoms with Gasteiger partial charge in [0.2, 0.25) is 0 Å². The second-order valence-corrected chi connectivity index (χ2v) is 3.41. The Morgan fingerprint density at radius 3 is 2.86 bits per heavy atom. The Morgan fingerprint density at radius 1 is 1.43 bits per heavy atom. The van der Waals surface area contributed by atoms with Crippen LogP contribution in [-0.2, 0) is 18.9 Å². The summed E-state index contributed by atoms with van der Waals surface area (Å²) in [5.41, 5.74) is 0. The summed E-state index contributed by atoms with van der Waals surface area (Å²) in [7, 11) is 0. The van der Waals surface area contributed by atoms with E-state index in [0.29, 0.717) is 26.1 Å². The van der Waals surface area contributed by atoms with E-state index >= 15 is 0 Å². The highest BCUT2D eigenvalue weighted by molar-refractivity contribution is 4.66. The molecule has 0 aromatic heterocycles. The maximum atomic E-state index is 5.36. The molecule has 2 unspecified atom stereocenters. The van der Waals surface area contributed by atoms with E-state index in [9.17, 15) is 0 Å². The summed E-state index contributed by atoms with van der Waals surface area (Å²) < 4.78 is 20.8. The van der Waals surface area contributed by atoms with Crippen LogP contribution in [0.5, 0.6) is 0 Å². The molecule has 0 aromatic carbocycles. The van der Waals surface area contributed by atoms with E-state index in [1.807, 2.05) is 13.8 Å². The molecular weight excluding hydrogens is 184 g/mol. The lowest BCUT2D eigenvalue weighted by Gasteiger charge is -2.11. The average molecular weight is 204 g/mol. The summed E-state index contributed by atoms with van der Waals surface area (Å²) >= 11 is 0. The molecule has 2 atom stereocenters. The second kappa shape index (κ2) is 7.17. The van der Waals surface area contributed by atoms with Crippen molar-refractivity contribution in [3.63, 3.8) is 0 Å². The van der Waals surface area contributed by atoms with E-state index in [1.54, 1.807) is 0 Å². The monoisotopic (exact) mass is 204 g/mol. The minimum Gasteiger partial charge on any atom is -0.379 e. The molecule has 1 rings (SSSR count). The third-order valence-corrected chi connectivity index (χ3v) is 1.99. The third kappa shape index (κ3) is 6.32. The van der Waals surface area contributed by atoms with Gasteiger partial charge in [-0.05, 0) is 20.3 Å². The van der Waals surface area contributed by atoms with Crippen LogP contribution >= 0.6 is 0 Å². The van der Waals surface area contributed by atoms with Crippen LogP contribution in [0.3, 0.4) is 0 Å². The largest absolute Gasteiger partial charge is 0.379 e. The summed E-state index contributed by atoms with van der Waals surface area (Å²) in [6.07, 6.45) is 1.50. The molecule has 0 spiro atoms. The van der Waals surface area contributed by atoms with Crippen molar-refractivity contribution in [2.45, 2.75) is 32.5 Å². The predicted molar refractivity (Wildman–Crippen MR) is 52.2 cm³/mol. The quantitative estimate of drug-likeness (QED) is 0.321. The van der Waals surface area contributed by atoms with Gasteiger partial charge in [0.1, 0.15) is 12.9 Å². The van der Waals surface area contributed by atoms with Gasteiger partial charge in [-0.15, -0.1) is 0 Å². The minimum atomic E-state index is 0.270. The van der Waals surface area contributed by atoms with E-state index in [-0.39, 0.29) is 6.10 Å². The Labute approximate surface area is 85.5 Å². The minimum absolute atomic E-state index is 0.270. The van der Waals surface area contributed by atoms with Crippen molar-refractivity contribution < 1.29 is 18.9 Å². The van der Waals surface area contributed by atoms with Crippen molar-refractivity contribution >= 4 is 0 Å². The van der Waals surface area contributed by atoms with Gasteiger partial charge < -0.3 is 18.9 Å². The molecule has 0 N–H and O–H groups in total. The standard InChI is InChI=1S/C10H20O4/c1-3-13-9(2)4-5-11-8-12-6-10-7-14-10/h9-10H,3-8H2,1-2H3. The Morgan fingerprint density at radius 2 is 2.21 bits per heavy atom. The molecule has 4 heteroatoms. The Hall–Kier alpha value is -0.160. The molecule has 1 fully saturated rings. The number of hydrogen-bond acceptors (Lipinski definition) is 4. The molecule has 84 valence electrons. The van der Waals surface area contributed by atoms with Crippen LogP contribution in [0.15, 0.2) is 0 Å². The van der Waals surface area contributed by atoms with Crippen molar-refractivity contribution in [2.75, 3.05) is 33.2 Å². The first kappa shape index (κ1) is 11.9. The molecule has 0 aromatic rings. The van der Waals surface area contributed by atoms with Gasteiger partial charge in [0, 0.05) is 6.61 Å². The van der Waals surface area contributed by atoms with Crippen molar-refractivity contribution in [3.05, 3.63) is 0 Å². The molecule has 1 aliphatic heterocycles. The van der Waals surface area contributed by atoms with Crippen LogP contribution in [-0.4, -0.2) is 45.4 Å².